The van der Waals surface area contributed by atoms with E-state index in [-0.39, 0.29) is 6.61 Å². The van der Waals surface area contributed by atoms with Crippen LogP contribution >= 0.6 is 0 Å². The van der Waals surface area contributed by atoms with Crippen LogP contribution in [0.4, 0.5) is 0 Å². The molecule has 0 heterocycles. The van der Waals surface area contributed by atoms with Crippen LogP contribution in [0.5, 0.6) is 0 Å². The van der Waals surface area contributed by atoms with Gasteiger partial charge < -0.3 is 5.11 Å². The van der Waals surface area contributed by atoms with E-state index in [9.17, 15) is 8.42 Å². The Morgan fingerprint density at radius 2 is 1.89 bits per heavy atom. The van der Waals surface area contributed by atoms with Crippen molar-refractivity contribution in [1.82, 2.24) is 9.21 Å². The first-order chi connectivity index (χ1) is 8.37. The predicted molar refractivity (Wildman–Crippen MR) is 70.7 cm³/mol. The monoisotopic (exact) mass is 272 g/mol. The van der Waals surface area contributed by atoms with Crippen LogP contribution in [0.2, 0.25) is 0 Å². The van der Waals surface area contributed by atoms with E-state index in [4.69, 9.17) is 5.11 Å². The fourth-order valence-electron chi connectivity index (χ4n) is 1.58. The number of aliphatic hydroxyl groups is 1. The third kappa shape index (κ3) is 3.78. The molecule has 1 N–H and O–H groups in total. The number of hydrogen-bond donors (Lipinski definition) is 1. The highest BCUT2D eigenvalue weighted by atomic mass is 32.2. The second-order valence-corrected chi connectivity index (χ2v) is 6.55. The Bertz CT molecular complexity index is 486. The van der Waals surface area contributed by atoms with Gasteiger partial charge in [0.25, 0.3) is 0 Å². The van der Waals surface area contributed by atoms with Crippen molar-refractivity contribution in [3.63, 3.8) is 0 Å². The van der Waals surface area contributed by atoms with Gasteiger partial charge in [-0.25, -0.2) is 12.7 Å². The maximum absolute atomic E-state index is 12.0. The molecule has 0 spiro atoms. The van der Waals surface area contributed by atoms with Crippen LogP contribution in [0, 0.1) is 0 Å². The molecule has 0 radical (unpaired) electrons. The Morgan fingerprint density at radius 1 is 1.22 bits per heavy atom. The van der Waals surface area contributed by atoms with Gasteiger partial charge in [-0.15, -0.1) is 0 Å². The highest BCUT2D eigenvalue weighted by Crippen LogP contribution is 2.15. The van der Waals surface area contributed by atoms with Gasteiger partial charge in [0.2, 0.25) is 10.0 Å². The van der Waals surface area contributed by atoms with Gasteiger partial charge in [-0.2, -0.15) is 0 Å². The third-order valence-electron chi connectivity index (χ3n) is 2.61. The summed E-state index contributed by atoms with van der Waals surface area (Å²) in [6.07, 6.45) is 0. The Kier molecular flexibility index (Phi) is 5.28. The number of nitrogens with zero attached hydrogens (tertiary/aromatic N) is 2. The lowest BCUT2D eigenvalue weighted by Gasteiger charge is -2.16. The van der Waals surface area contributed by atoms with Crippen molar-refractivity contribution in [3.8, 4) is 0 Å². The van der Waals surface area contributed by atoms with E-state index < -0.39 is 10.0 Å². The average Bonchev–Trinajstić information content (AvgIpc) is 2.29. The van der Waals surface area contributed by atoms with Crippen molar-refractivity contribution >= 4 is 10.0 Å². The van der Waals surface area contributed by atoms with E-state index in [0.717, 1.165) is 5.56 Å². The summed E-state index contributed by atoms with van der Waals surface area (Å²) in [7, 11) is 1.52. The van der Waals surface area contributed by atoms with E-state index in [0.29, 0.717) is 18.0 Å². The number of benzene rings is 1. The van der Waals surface area contributed by atoms with Crippen LogP contribution < -0.4 is 0 Å². The zero-order valence-electron chi connectivity index (χ0n) is 11.0. The molecule has 0 aliphatic carbocycles. The molecule has 0 atom stereocenters. The summed E-state index contributed by atoms with van der Waals surface area (Å²) in [5.41, 5.74) is 0.911. The maximum atomic E-state index is 12.0. The molecule has 1 aromatic carbocycles. The molecule has 1 aromatic rings. The minimum atomic E-state index is -3.38. The van der Waals surface area contributed by atoms with Gasteiger partial charge >= 0.3 is 0 Å². The Hall–Kier alpha value is -0.950. The number of hydrogen-bond acceptors (Lipinski definition) is 4. The minimum Gasteiger partial charge on any atom is -0.395 e. The molecule has 18 heavy (non-hydrogen) atoms. The van der Waals surface area contributed by atoms with E-state index >= 15 is 0 Å². The minimum absolute atomic E-state index is 0.0895. The molecule has 0 fully saturated rings. The van der Waals surface area contributed by atoms with Crippen molar-refractivity contribution < 1.29 is 13.5 Å². The van der Waals surface area contributed by atoms with Crippen LogP contribution in [0.15, 0.2) is 29.2 Å². The van der Waals surface area contributed by atoms with E-state index in [2.05, 4.69) is 0 Å². The molecule has 102 valence electrons. The van der Waals surface area contributed by atoms with E-state index in [1.54, 1.807) is 18.2 Å². The average molecular weight is 272 g/mol. The first kappa shape index (κ1) is 15.1. The van der Waals surface area contributed by atoms with Gasteiger partial charge in [-0.3, -0.25) is 4.90 Å². The quantitative estimate of drug-likeness (QED) is 0.812. The van der Waals surface area contributed by atoms with Gasteiger partial charge in [0, 0.05) is 27.2 Å². The zero-order chi connectivity index (χ0) is 13.8. The normalized spacial score (nSPS) is 12.3. The molecule has 0 amide bonds. The summed E-state index contributed by atoms with van der Waals surface area (Å²) in [6.45, 7) is 1.26. The first-order valence-electron chi connectivity index (χ1n) is 5.69. The summed E-state index contributed by atoms with van der Waals surface area (Å²) in [4.78, 5) is 2.23. The molecule has 6 heteroatoms. The Labute approximate surface area is 109 Å². The van der Waals surface area contributed by atoms with Crippen molar-refractivity contribution in [2.45, 2.75) is 11.4 Å². The van der Waals surface area contributed by atoms with Crippen molar-refractivity contribution in [2.75, 3.05) is 34.3 Å². The second-order valence-electron chi connectivity index (χ2n) is 4.40. The standard InChI is InChI=1S/C12H20N2O3S/c1-13(2)18(16,17)12-6-4-5-11(9-12)10-14(3)7-8-15/h4-6,9,15H,7-8,10H2,1-3H3. The van der Waals surface area contributed by atoms with Crippen molar-refractivity contribution in [3.05, 3.63) is 29.8 Å². The van der Waals surface area contributed by atoms with Gasteiger partial charge in [-0.1, -0.05) is 12.1 Å². The lowest BCUT2D eigenvalue weighted by atomic mass is 10.2. The molecule has 0 aliphatic rings. The second kappa shape index (κ2) is 6.29. The summed E-state index contributed by atoms with van der Waals surface area (Å²) < 4.78 is 25.1. The Balaban J connectivity index is 2.93. The van der Waals surface area contributed by atoms with E-state index in [1.807, 2.05) is 18.0 Å². The molecule has 0 saturated heterocycles. The molecular formula is C12H20N2O3S. The fraction of sp³-hybridized carbons (Fsp3) is 0.500. The van der Waals surface area contributed by atoms with Crippen molar-refractivity contribution in [1.29, 1.82) is 0 Å². The fourth-order valence-corrected chi connectivity index (χ4v) is 2.55. The maximum Gasteiger partial charge on any atom is 0.242 e. The lowest BCUT2D eigenvalue weighted by Crippen LogP contribution is -2.23. The molecule has 1 rings (SSSR count). The zero-order valence-corrected chi connectivity index (χ0v) is 11.8. The van der Waals surface area contributed by atoms with Gasteiger partial charge in [0.15, 0.2) is 0 Å². The summed E-state index contributed by atoms with van der Waals surface area (Å²) in [6, 6.07) is 6.87. The topological polar surface area (TPSA) is 60.9 Å². The summed E-state index contributed by atoms with van der Waals surface area (Å²) in [5, 5.41) is 8.83. The third-order valence-corrected chi connectivity index (χ3v) is 4.42. The van der Waals surface area contributed by atoms with Gasteiger partial charge in [-0.05, 0) is 24.7 Å². The number of aliphatic hydroxyl groups excluding tert-OH is 1. The molecule has 0 aromatic heterocycles. The summed E-state index contributed by atoms with van der Waals surface area (Å²) >= 11 is 0. The SMILES string of the molecule is CN(CCO)Cc1cccc(S(=O)(=O)N(C)C)c1. The van der Waals surface area contributed by atoms with Crippen molar-refractivity contribution in [2.24, 2.45) is 0 Å². The first-order valence-corrected chi connectivity index (χ1v) is 7.13. The van der Waals surface area contributed by atoms with Crippen LogP contribution in [0.25, 0.3) is 0 Å². The number of rotatable bonds is 6. The predicted octanol–water partition coefficient (Wildman–Crippen LogP) is 0.361. The highest BCUT2D eigenvalue weighted by molar-refractivity contribution is 7.89. The molecule has 0 unspecified atom stereocenters. The number of sulfonamides is 1. The highest BCUT2D eigenvalue weighted by Gasteiger charge is 2.17. The van der Waals surface area contributed by atoms with Gasteiger partial charge in [0.05, 0.1) is 11.5 Å². The largest absolute Gasteiger partial charge is 0.395 e. The van der Waals surface area contributed by atoms with Crippen LogP contribution in [-0.2, 0) is 16.6 Å². The van der Waals surface area contributed by atoms with Crippen LogP contribution in [-0.4, -0.2) is 57.0 Å². The Morgan fingerprint density at radius 3 is 2.44 bits per heavy atom. The van der Waals surface area contributed by atoms with E-state index in [1.165, 1.54) is 18.4 Å². The van der Waals surface area contributed by atoms with Crippen LogP contribution in [0.3, 0.4) is 0 Å². The molecular weight excluding hydrogens is 252 g/mol. The molecule has 5 nitrogen and oxygen atoms in total. The smallest absolute Gasteiger partial charge is 0.242 e. The summed E-state index contributed by atoms with van der Waals surface area (Å²) in [5.74, 6) is 0. The molecule has 0 saturated carbocycles. The lowest BCUT2D eigenvalue weighted by molar-refractivity contribution is 0.217. The number of likely N-dealkylation sites (N-methyl/N-ethyl adjacent to an activating group) is 1. The molecule has 0 aliphatic heterocycles. The van der Waals surface area contributed by atoms with Gasteiger partial charge in [0.1, 0.15) is 0 Å². The molecule has 0 bridgehead atoms. The van der Waals surface area contributed by atoms with Crippen LogP contribution in [0.1, 0.15) is 5.56 Å².